The predicted molar refractivity (Wildman–Crippen MR) is 83.7 cm³/mol. The van der Waals surface area contributed by atoms with E-state index >= 15 is 0 Å². The maximum atomic E-state index is 9.36. The molecule has 0 amide bonds. The Hall–Kier alpha value is -2.38. The average molecular weight is 324 g/mol. The van der Waals surface area contributed by atoms with Crippen molar-refractivity contribution >= 4 is 38.6 Å². The molecule has 1 aromatic heterocycles. The highest BCUT2D eigenvalue weighted by molar-refractivity contribution is 9.10. The number of rotatable bonds is 2. The molecule has 0 unspecified atom stereocenters. The summed E-state index contributed by atoms with van der Waals surface area (Å²) in [4.78, 5) is 7.62. The van der Waals surface area contributed by atoms with Crippen LogP contribution in [0.4, 0.5) is 0 Å². The lowest BCUT2D eigenvalue weighted by molar-refractivity contribution is 1.27. The summed E-state index contributed by atoms with van der Waals surface area (Å²) in [5, 5.41) is 9.36. The van der Waals surface area contributed by atoms with Crippen molar-refractivity contribution in [3.63, 3.8) is 0 Å². The first-order valence-electron chi connectivity index (χ1n) is 6.09. The fraction of sp³-hybridized carbons (Fsp3) is 0. The smallest absolute Gasteiger partial charge is 0.149 e. The van der Waals surface area contributed by atoms with Gasteiger partial charge in [-0.15, -0.1) is 0 Å². The summed E-state index contributed by atoms with van der Waals surface area (Å²) >= 11 is 3.48. The molecule has 0 aliphatic carbocycles. The minimum Gasteiger partial charge on any atom is -0.337 e. The maximum Gasteiger partial charge on any atom is 0.149 e. The summed E-state index contributed by atoms with van der Waals surface area (Å²) in [5.41, 5.74) is 3.24. The number of nitrogens with one attached hydrogen (secondary N) is 1. The monoisotopic (exact) mass is 323 g/mol. The first-order chi connectivity index (χ1) is 9.78. The summed E-state index contributed by atoms with van der Waals surface area (Å²) < 4.78 is 0.948. The number of nitriles is 1. The van der Waals surface area contributed by atoms with Crippen LogP contribution in [-0.4, -0.2) is 9.97 Å². The standard InChI is InChI=1S/C16H10BrN3/c17-13-6-2-1-5-11(13)9-12(10-18)16-19-14-7-3-4-8-15(14)20-16/h1-9H,(H,19,20)/b12-9-. The van der Waals surface area contributed by atoms with Gasteiger partial charge in [0, 0.05) is 4.47 Å². The van der Waals surface area contributed by atoms with Gasteiger partial charge in [0.2, 0.25) is 0 Å². The number of fused-ring (bicyclic) bond motifs is 1. The molecule has 4 heteroatoms. The second-order valence-electron chi connectivity index (χ2n) is 4.29. The molecule has 1 N–H and O–H groups in total. The number of nitrogens with zero attached hydrogens (tertiary/aromatic N) is 2. The van der Waals surface area contributed by atoms with Crippen LogP contribution in [0.2, 0.25) is 0 Å². The molecule has 0 saturated carbocycles. The van der Waals surface area contributed by atoms with E-state index in [1.165, 1.54) is 0 Å². The molecule has 0 saturated heterocycles. The zero-order valence-electron chi connectivity index (χ0n) is 10.5. The minimum absolute atomic E-state index is 0.507. The van der Waals surface area contributed by atoms with Gasteiger partial charge < -0.3 is 4.98 Å². The van der Waals surface area contributed by atoms with Gasteiger partial charge in [0.1, 0.15) is 11.9 Å². The van der Waals surface area contributed by atoms with Crippen LogP contribution < -0.4 is 0 Å². The number of H-pyrrole nitrogens is 1. The number of hydrogen-bond acceptors (Lipinski definition) is 2. The number of aromatic amines is 1. The van der Waals surface area contributed by atoms with Gasteiger partial charge in [0.25, 0.3) is 0 Å². The SMILES string of the molecule is N#C/C(=C/c1ccccc1Br)c1nc2ccccc2[nH]1. The molecule has 1 heterocycles. The van der Waals surface area contributed by atoms with Crippen LogP contribution in [0.5, 0.6) is 0 Å². The molecular weight excluding hydrogens is 314 g/mol. The lowest BCUT2D eigenvalue weighted by Gasteiger charge is -1.98. The first kappa shape index (κ1) is 12.6. The Balaban J connectivity index is 2.10. The third-order valence-corrected chi connectivity index (χ3v) is 3.69. The van der Waals surface area contributed by atoms with Crippen molar-refractivity contribution in [2.45, 2.75) is 0 Å². The molecular formula is C16H10BrN3. The van der Waals surface area contributed by atoms with Gasteiger partial charge in [-0.2, -0.15) is 5.26 Å². The zero-order chi connectivity index (χ0) is 13.9. The fourth-order valence-corrected chi connectivity index (χ4v) is 2.38. The molecule has 0 fully saturated rings. The average Bonchev–Trinajstić information content (AvgIpc) is 2.90. The number of halogens is 1. The summed E-state index contributed by atoms with van der Waals surface area (Å²) in [6.07, 6.45) is 1.82. The molecule has 0 spiro atoms. The van der Waals surface area contributed by atoms with Crippen molar-refractivity contribution in [3.8, 4) is 6.07 Å². The van der Waals surface area contributed by atoms with Crippen LogP contribution >= 0.6 is 15.9 Å². The van der Waals surface area contributed by atoms with Gasteiger partial charge in [-0.1, -0.05) is 46.3 Å². The molecule has 0 aliphatic heterocycles. The highest BCUT2D eigenvalue weighted by Crippen LogP contribution is 2.23. The van der Waals surface area contributed by atoms with E-state index < -0.39 is 0 Å². The van der Waals surface area contributed by atoms with Gasteiger partial charge in [-0.25, -0.2) is 4.98 Å². The van der Waals surface area contributed by atoms with Crippen LogP contribution in [-0.2, 0) is 0 Å². The first-order valence-corrected chi connectivity index (χ1v) is 6.88. The van der Waals surface area contributed by atoms with E-state index in [0.717, 1.165) is 21.1 Å². The third kappa shape index (κ3) is 2.36. The largest absolute Gasteiger partial charge is 0.337 e. The Labute approximate surface area is 124 Å². The van der Waals surface area contributed by atoms with Crippen molar-refractivity contribution in [2.75, 3.05) is 0 Å². The number of imidazole rings is 1. The summed E-state index contributed by atoms with van der Waals surface area (Å²) in [5.74, 6) is 0.587. The topological polar surface area (TPSA) is 52.5 Å². The number of allylic oxidation sites excluding steroid dienone is 1. The van der Waals surface area contributed by atoms with Gasteiger partial charge in [-0.05, 0) is 29.8 Å². The molecule has 0 aliphatic rings. The van der Waals surface area contributed by atoms with Crippen LogP contribution in [0.1, 0.15) is 11.4 Å². The Bertz CT molecular complexity index is 807. The van der Waals surface area contributed by atoms with Gasteiger partial charge in [0.05, 0.1) is 16.6 Å². The van der Waals surface area contributed by atoms with E-state index in [2.05, 4.69) is 32.0 Å². The number of para-hydroxylation sites is 2. The Morgan fingerprint density at radius 2 is 1.90 bits per heavy atom. The minimum atomic E-state index is 0.507. The van der Waals surface area contributed by atoms with Crippen molar-refractivity contribution in [1.82, 2.24) is 9.97 Å². The van der Waals surface area contributed by atoms with Crippen LogP contribution in [0.25, 0.3) is 22.7 Å². The van der Waals surface area contributed by atoms with E-state index in [4.69, 9.17) is 0 Å². The van der Waals surface area contributed by atoms with Crippen LogP contribution in [0, 0.1) is 11.3 Å². The van der Waals surface area contributed by atoms with Crippen molar-refractivity contribution < 1.29 is 0 Å². The summed E-state index contributed by atoms with van der Waals surface area (Å²) in [7, 11) is 0. The van der Waals surface area contributed by atoms with E-state index in [9.17, 15) is 5.26 Å². The second-order valence-corrected chi connectivity index (χ2v) is 5.15. The normalized spacial score (nSPS) is 11.5. The summed E-state index contributed by atoms with van der Waals surface area (Å²) in [6, 6.07) is 17.7. The van der Waals surface area contributed by atoms with E-state index in [0.29, 0.717) is 11.4 Å². The Morgan fingerprint density at radius 3 is 2.65 bits per heavy atom. The molecule has 3 rings (SSSR count). The van der Waals surface area contributed by atoms with E-state index in [-0.39, 0.29) is 0 Å². The van der Waals surface area contributed by atoms with E-state index in [1.54, 1.807) is 0 Å². The predicted octanol–water partition coefficient (Wildman–Crippen LogP) is 4.39. The molecule has 20 heavy (non-hydrogen) atoms. The highest BCUT2D eigenvalue weighted by atomic mass is 79.9. The molecule has 0 radical (unpaired) electrons. The number of hydrogen-bond donors (Lipinski definition) is 1. The maximum absolute atomic E-state index is 9.36. The van der Waals surface area contributed by atoms with Gasteiger partial charge >= 0.3 is 0 Å². The Kier molecular flexibility index (Phi) is 3.36. The highest BCUT2D eigenvalue weighted by Gasteiger charge is 2.08. The van der Waals surface area contributed by atoms with Gasteiger partial charge in [0.15, 0.2) is 0 Å². The number of aromatic nitrogens is 2. The van der Waals surface area contributed by atoms with Crippen molar-refractivity contribution in [3.05, 3.63) is 64.4 Å². The second kappa shape index (κ2) is 5.32. The van der Waals surface area contributed by atoms with Gasteiger partial charge in [-0.3, -0.25) is 0 Å². The van der Waals surface area contributed by atoms with Crippen molar-refractivity contribution in [2.24, 2.45) is 0 Å². The molecule has 2 aromatic carbocycles. The molecule has 0 atom stereocenters. The zero-order valence-corrected chi connectivity index (χ0v) is 12.1. The third-order valence-electron chi connectivity index (χ3n) is 2.97. The molecule has 96 valence electrons. The lowest BCUT2D eigenvalue weighted by Crippen LogP contribution is -1.85. The van der Waals surface area contributed by atoms with E-state index in [1.807, 2.05) is 54.6 Å². The molecule has 3 nitrogen and oxygen atoms in total. The quantitative estimate of drug-likeness (QED) is 0.711. The Morgan fingerprint density at radius 1 is 1.15 bits per heavy atom. The van der Waals surface area contributed by atoms with Crippen LogP contribution in [0.3, 0.4) is 0 Å². The molecule has 3 aromatic rings. The fourth-order valence-electron chi connectivity index (χ4n) is 1.98. The number of benzene rings is 2. The lowest BCUT2D eigenvalue weighted by atomic mass is 10.1. The molecule has 0 bridgehead atoms. The summed E-state index contributed by atoms with van der Waals surface area (Å²) in [6.45, 7) is 0. The van der Waals surface area contributed by atoms with Crippen LogP contribution in [0.15, 0.2) is 53.0 Å². The van der Waals surface area contributed by atoms with Crippen molar-refractivity contribution in [1.29, 1.82) is 5.26 Å².